The average molecular weight is 546 g/mol. The first-order chi connectivity index (χ1) is 19.4. The highest BCUT2D eigenvalue weighted by molar-refractivity contribution is 5.68. The van der Waals surface area contributed by atoms with Crippen LogP contribution in [0, 0.1) is 0 Å². The predicted octanol–water partition coefficient (Wildman–Crippen LogP) is 6.18. The lowest BCUT2D eigenvalue weighted by Gasteiger charge is -2.38. The van der Waals surface area contributed by atoms with E-state index in [0.29, 0.717) is 26.4 Å². The molecule has 3 aromatic rings. The van der Waals surface area contributed by atoms with E-state index in [-0.39, 0.29) is 6.54 Å². The normalized spacial score (nSPS) is 18.9. The molecule has 40 heavy (non-hydrogen) atoms. The monoisotopic (exact) mass is 545 g/mol. The first-order valence-corrected chi connectivity index (χ1v) is 13.6. The van der Waals surface area contributed by atoms with Crippen LogP contribution in [0.15, 0.2) is 103 Å². The second-order valence-corrected chi connectivity index (χ2v) is 10.7. The Morgan fingerprint density at radius 2 is 1.30 bits per heavy atom. The lowest BCUT2D eigenvalue weighted by Crippen LogP contribution is -2.50. The van der Waals surface area contributed by atoms with Gasteiger partial charge in [-0.2, -0.15) is 0 Å². The number of benzene rings is 3. The SMILES string of the molecule is CC(C)(C)OC(=O)NCC1=CO[C@H](COCc2ccccc2)[C@@H](OCc2ccccc2)[C@@H]1OCc1ccccc1. The van der Waals surface area contributed by atoms with Gasteiger partial charge in [-0.15, -0.1) is 0 Å². The van der Waals surface area contributed by atoms with Crippen LogP contribution >= 0.6 is 0 Å². The maximum absolute atomic E-state index is 12.4. The first kappa shape index (κ1) is 29.3. The number of amides is 1. The minimum atomic E-state index is -0.604. The van der Waals surface area contributed by atoms with Gasteiger partial charge in [-0.3, -0.25) is 0 Å². The van der Waals surface area contributed by atoms with Crippen LogP contribution in [0.25, 0.3) is 0 Å². The van der Waals surface area contributed by atoms with Crippen LogP contribution in [0.3, 0.4) is 0 Å². The van der Waals surface area contributed by atoms with Gasteiger partial charge in [0, 0.05) is 12.1 Å². The van der Waals surface area contributed by atoms with Gasteiger partial charge in [0.2, 0.25) is 0 Å². The molecular weight excluding hydrogens is 506 g/mol. The van der Waals surface area contributed by atoms with E-state index in [2.05, 4.69) is 5.32 Å². The third-order valence-corrected chi connectivity index (χ3v) is 6.21. The number of hydrogen-bond donors (Lipinski definition) is 1. The van der Waals surface area contributed by atoms with E-state index in [1.807, 2.05) is 112 Å². The van der Waals surface area contributed by atoms with Gasteiger partial charge in [-0.1, -0.05) is 91.0 Å². The molecule has 3 aromatic carbocycles. The highest BCUT2D eigenvalue weighted by Gasteiger charge is 2.39. The van der Waals surface area contributed by atoms with Crippen LogP contribution in [-0.4, -0.2) is 43.2 Å². The summed E-state index contributed by atoms with van der Waals surface area (Å²) in [4.78, 5) is 12.4. The van der Waals surface area contributed by atoms with E-state index < -0.39 is 30.0 Å². The Morgan fingerprint density at radius 1 is 0.775 bits per heavy atom. The van der Waals surface area contributed by atoms with Crippen molar-refractivity contribution in [1.29, 1.82) is 0 Å². The largest absolute Gasteiger partial charge is 0.493 e. The van der Waals surface area contributed by atoms with E-state index >= 15 is 0 Å². The molecule has 0 aromatic heterocycles. The lowest BCUT2D eigenvalue weighted by atomic mass is 9.98. The van der Waals surface area contributed by atoms with Gasteiger partial charge in [0.05, 0.1) is 32.7 Å². The third-order valence-electron chi connectivity index (χ3n) is 6.21. The molecule has 1 N–H and O–H groups in total. The number of hydrogen-bond acceptors (Lipinski definition) is 6. The molecule has 1 heterocycles. The fourth-order valence-corrected chi connectivity index (χ4v) is 4.28. The summed E-state index contributed by atoms with van der Waals surface area (Å²) < 4.78 is 30.6. The smallest absolute Gasteiger partial charge is 0.407 e. The molecular formula is C33H39NO6. The van der Waals surface area contributed by atoms with Gasteiger partial charge in [0.1, 0.15) is 23.9 Å². The fraction of sp³-hybridized carbons (Fsp3) is 0.364. The lowest BCUT2D eigenvalue weighted by molar-refractivity contribution is -0.152. The Hall–Kier alpha value is -3.65. The van der Waals surface area contributed by atoms with Crippen molar-refractivity contribution in [3.05, 3.63) is 120 Å². The summed E-state index contributed by atoms with van der Waals surface area (Å²) in [5.74, 6) is 0. The predicted molar refractivity (Wildman–Crippen MR) is 153 cm³/mol. The molecule has 1 aliphatic rings. The molecule has 0 bridgehead atoms. The summed E-state index contributed by atoms with van der Waals surface area (Å²) in [5.41, 5.74) is 3.30. The van der Waals surface area contributed by atoms with Crippen LogP contribution in [0.1, 0.15) is 37.5 Å². The van der Waals surface area contributed by atoms with Crippen molar-refractivity contribution in [3.8, 4) is 0 Å². The molecule has 0 saturated carbocycles. The van der Waals surface area contributed by atoms with Crippen molar-refractivity contribution in [1.82, 2.24) is 5.32 Å². The Labute approximate surface area is 237 Å². The van der Waals surface area contributed by atoms with Crippen LogP contribution in [0.5, 0.6) is 0 Å². The number of carbonyl (C=O) groups is 1. The molecule has 0 fully saturated rings. The van der Waals surface area contributed by atoms with Crippen molar-refractivity contribution < 1.29 is 28.5 Å². The van der Waals surface area contributed by atoms with E-state index in [9.17, 15) is 4.79 Å². The molecule has 0 saturated heterocycles. The van der Waals surface area contributed by atoms with Crippen LogP contribution < -0.4 is 5.32 Å². The van der Waals surface area contributed by atoms with Crippen LogP contribution in [-0.2, 0) is 43.5 Å². The maximum atomic E-state index is 12.4. The molecule has 7 nitrogen and oxygen atoms in total. The summed E-state index contributed by atoms with van der Waals surface area (Å²) >= 11 is 0. The molecule has 1 amide bonds. The molecule has 212 valence electrons. The Balaban J connectivity index is 1.52. The summed E-state index contributed by atoms with van der Waals surface area (Å²) in [5, 5.41) is 2.83. The Bertz CT molecular complexity index is 1190. The second kappa shape index (κ2) is 14.7. The van der Waals surface area contributed by atoms with Crippen LogP contribution in [0.2, 0.25) is 0 Å². The highest BCUT2D eigenvalue weighted by Crippen LogP contribution is 2.27. The Kier molecular flexibility index (Phi) is 10.7. The van der Waals surface area contributed by atoms with E-state index in [1.165, 1.54) is 0 Å². The van der Waals surface area contributed by atoms with Crippen LogP contribution in [0.4, 0.5) is 4.79 Å². The highest BCUT2D eigenvalue weighted by atomic mass is 16.6. The number of rotatable bonds is 12. The third kappa shape index (κ3) is 9.52. The van der Waals surface area contributed by atoms with Crippen molar-refractivity contribution in [3.63, 3.8) is 0 Å². The molecule has 1 aliphatic heterocycles. The van der Waals surface area contributed by atoms with Gasteiger partial charge >= 0.3 is 6.09 Å². The van der Waals surface area contributed by atoms with Crippen molar-refractivity contribution in [2.45, 2.75) is 64.5 Å². The maximum Gasteiger partial charge on any atom is 0.407 e. The van der Waals surface area contributed by atoms with Crippen molar-refractivity contribution in [2.24, 2.45) is 0 Å². The number of alkyl carbamates (subject to hydrolysis) is 1. The number of nitrogens with one attached hydrogen (secondary N) is 1. The van der Waals surface area contributed by atoms with Gasteiger partial charge in [-0.25, -0.2) is 4.79 Å². The quantitative estimate of drug-likeness (QED) is 0.293. The Morgan fingerprint density at radius 3 is 1.85 bits per heavy atom. The van der Waals surface area contributed by atoms with Gasteiger partial charge in [0.15, 0.2) is 0 Å². The summed E-state index contributed by atoms with van der Waals surface area (Å²) in [6.45, 7) is 7.19. The van der Waals surface area contributed by atoms with Gasteiger partial charge in [0.25, 0.3) is 0 Å². The number of carbonyl (C=O) groups excluding carboxylic acids is 1. The molecule has 0 aliphatic carbocycles. The standard InChI is InChI=1S/C33H39NO6/c1-33(2,3)40-32(35)34-19-28-23-37-29(24-36-20-25-13-7-4-8-14-25)31(39-22-27-17-11-6-12-18-27)30(28)38-21-26-15-9-5-10-16-26/h4-18,23,29-31H,19-22,24H2,1-3H3,(H,34,35)/t29-,30-,31-/m1/s1. The zero-order valence-electron chi connectivity index (χ0n) is 23.5. The van der Waals surface area contributed by atoms with Gasteiger partial charge < -0.3 is 29.0 Å². The zero-order chi connectivity index (χ0) is 28.2. The van der Waals surface area contributed by atoms with Crippen molar-refractivity contribution >= 4 is 6.09 Å². The summed E-state index contributed by atoms with van der Waals surface area (Å²) in [6.07, 6.45) is -0.242. The topological polar surface area (TPSA) is 75.3 Å². The molecule has 3 atom stereocenters. The minimum absolute atomic E-state index is 0.192. The van der Waals surface area contributed by atoms with Gasteiger partial charge in [-0.05, 0) is 37.5 Å². The van der Waals surface area contributed by atoms with E-state index in [0.717, 1.165) is 22.3 Å². The molecule has 0 radical (unpaired) electrons. The summed E-state index contributed by atoms with van der Waals surface area (Å²) in [7, 11) is 0. The molecule has 4 rings (SSSR count). The molecule has 7 heteroatoms. The molecule has 0 spiro atoms. The fourth-order valence-electron chi connectivity index (χ4n) is 4.28. The van der Waals surface area contributed by atoms with E-state index in [4.69, 9.17) is 23.7 Å². The number of ether oxygens (including phenoxy) is 5. The zero-order valence-corrected chi connectivity index (χ0v) is 23.5. The second-order valence-electron chi connectivity index (χ2n) is 10.7. The average Bonchev–Trinajstić information content (AvgIpc) is 2.95. The van der Waals surface area contributed by atoms with E-state index in [1.54, 1.807) is 6.26 Å². The first-order valence-electron chi connectivity index (χ1n) is 13.6. The van der Waals surface area contributed by atoms with Crippen molar-refractivity contribution in [2.75, 3.05) is 13.2 Å². The molecule has 0 unspecified atom stereocenters. The summed E-state index contributed by atoms with van der Waals surface area (Å²) in [6, 6.07) is 29.9. The minimum Gasteiger partial charge on any atom is -0.493 e.